The molecule has 0 aromatic heterocycles. The number of alkyl halides is 3. The van der Waals surface area contributed by atoms with Gasteiger partial charge in [0.15, 0.2) is 6.67 Å². The highest BCUT2D eigenvalue weighted by molar-refractivity contribution is 7.86. The van der Waals surface area contributed by atoms with Crippen molar-refractivity contribution in [2.24, 2.45) is 0 Å². The van der Waals surface area contributed by atoms with Crippen LogP contribution in [0.4, 0.5) is 13.2 Å². The molecule has 8 heteroatoms. The molecule has 0 aliphatic carbocycles. The second-order valence-electron chi connectivity index (χ2n) is 1.25. The van der Waals surface area contributed by atoms with Crippen molar-refractivity contribution in [1.29, 1.82) is 0 Å². The minimum Gasteiger partial charge on any atom is -0.400 e. The van der Waals surface area contributed by atoms with Crippen LogP contribution in [0.1, 0.15) is 0 Å². The minimum atomic E-state index is -5.56. The molecule has 0 heterocycles. The molecule has 0 radical (unpaired) electrons. The predicted molar refractivity (Wildman–Crippen MR) is 30.6 cm³/mol. The summed E-state index contributed by atoms with van der Waals surface area (Å²) in [7, 11) is -4.56. The minimum absolute atomic E-state index is 1.00. The number of hydrogen-bond donors (Lipinski definition) is 2. The van der Waals surface area contributed by atoms with Gasteiger partial charge in [-0.3, -0.25) is 4.55 Å². The van der Waals surface area contributed by atoms with Gasteiger partial charge in [0, 0.05) is 7.11 Å². The lowest BCUT2D eigenvalue weighted by Crippen LogP contribution is -2.30. The van der Waals surface area contributed by atoms with Crippen LogP contribution < -0.4 is 0 Å². The van der Waals surface area contributed by atoms with Crippen molar-refractivity contribution in [1.82, 2.24) is 0 Å². The normalized spacial score (nSPS) is 11.8. The molecule has 4 nitrogen and oxygen atoms in total. The summed E-state index contributed by atoms with van der Waals surface area (Å²) in [5.74, 6) is 0. The Balaban J connectivity index is 0. The maximum Gasteiger partial charge on any atom is 0.397 e. The van der Waals surface area contributed by atoms with E-state index in [1.165, 1.54) is 0 Å². The molecule has 0 saturated carbocycles. The van der Waals surface area contributed by atoms with Crippen LogP contribution in [0.25, 0.3) is 0 Å². The van der Waals surface area contributed by atoms with Gasteiger partial charge in [-0.1, -0.05) is 0 Å². The summed E-state index contributed by atoms with van der Waals surface area (Å²) >= 11 is 0. The Morgan fingerprint density at radius 2 is 1.64 bits per heavy atom. The molecular weight excluding hydrogens is 189 g/mol. The number of aliphatic hydroxyl groups excluding tert-OH is 1. The van der Waals surface area contributed by atoms with E-state index in [2.05, 4.69) is 0 Å². The Labute approximate surface area is 61.4 Å². The molecule has 0 amide bonds. The van der Waals surface area contributed by atoms with Crippen LogP contribution in [0.15, 0.2) is 0 Å². The van der Waals surface area contributed by atoms with Crippen molar-refractivity contribution in [2.75, 3.05) is 13.8 Å². The lowest BCUT2D eigenvalue weighted by molar-refractivity contribution is 0.0526. The lowest BCUT2D eigenvalue weighted by atomic mass is 10.8. The quantitative estimate of drug-likeness (QED) is 0.612. The van der Waals surface area contributed by atoms with Crippen LogP contribution in [0, 0.1) is 0 Å². The Morgan fingerprint density at radius 1 is 1.36 bits per heavy atom. The van der Waals surface area contributed by atoms with E-state index < -0.39 is 22.0 Å². The molecule has 0 fully saturated rings. The second-order valence-corrected chi connectivity index (χ2v) is 2.79. The standard InChI is InChI=1S/C2H3F3O3S.CH4O/c3-1-2(4,5)9(6,7)8;1-2/h1H2,(H,6,7,8);2H,1H3. The smallest absolute Gasteiger partial charge is 0.397 e. The van der Waals surface area contributed by atoms with Gasteiger partial charge in [0.2, 0.25) is 0 Å². The average molecular weight is 196 g/mol. The zero-order valence-electron chi connectivity index (χ0n) is 5.46. The van der Waals surface area contributed by atoms with E-state index in [1.54, 1.807) is 0 Å². The van der Waals surface area contributed by atoms with Crippen molar-refractivity contribution >= 4 is 10.1 Å². The first kappa shape index (κ1) is 13.3. The average Bonchev–Trinajstić information content (AvgIpc) is 1.90. The number of aliphatic hydroxyl groups is 1. The summed E-state index contributed by atoms with van der Waals surface area (Å²) in [5.41, 5.74) is 0. The molecular formula is C3H7F3O4S. The molecule has 70 valence electrons. The van der Waals surface area contributed by atoms with Crippen LogP contribution in [0.5, 0.6) is 0 Å². The van der Waals surface area contributed by atoms with Crippen LogP contribution >= 0.6 is 0 Å². The Kier molecular flexibility index (Phi) is 5.45. The molecule has 0 spiro atoms. The monoisotopic (exact) mass is 196 g/mol. The fraction of sp³-hybridized carbons (Fsp3) is 1.00. The molecule has 0 saturated heterocycles. The van der Waals surface area contributed by atoms with E-state index in [9.17, 15) is 21.6 Å². The molecule has 2 N–H and O–H groups in total. The third-order valence-corrected chi connectivity index (χ3v) is 1.40. The van der Waals surface area contributed by atoms with Crippen LogP contribution in [-0.2, 0) is 10.1 Å². The Bertz CT molecular complexity index is 187. The molecule has 0 rings (SSSR count). The van der Waals surface area contributed by atoms with E-state index >= 15 is 0 Å². The van der Waals surface area contributed by atoms with Crippen LogP contribution in [0.3, 0.4) is 0 Å². The molecule has 11 heavy (non-hydrogen) atoms. The summed E-state index contributed by atoms with van der Waals surface area (Å²) in [5, 5.41) is 2.34. The maximum atomic E-state index is 11.4. The summed E-state index contributed by atoms with van der Waals surface area (Å²) < 4.78 is 60.3. The lowest BCUT2D eigenvalue weighted by Gasteiger charge is -2.05. The van der Waals surface area contributed by atoms with E-state index in [-0.39, 0.29) is 0 Å². The first-order chi connectivity index (χ1) is 4.81. The summed E-state index contributed by atoms with van der Waals surface area (Å²) in [6.07, 6.45) is 0. The summed E-state index contributed by atoms with van der Waals surface area (Å²) in [4.78, 5) is 0. The van der Waals surface area contributed by atoms with Gasteiger partial charge in [0.25, 0.3) is 0 Å². The van der Waals surface area contributed by atoms with Gasteiger partial charge in [-0.2, -0.15) is 17.2 Å². The van der Waals surface area contributed by atoms with Crippen molar-refractivity contribution < 1.29 is 31.2 Å². The zero-order chi connectivity index (χ0) is 9.71. The second kappa shape index (κ2) is 4.52. The van der Waals surface area contributed by atoms with Crippen molar-refractivity contribution in [3.05, 3.63) is 0 Å². The van der Waals surface area contributed by atoms with Gasteiger partial charge in [0.05, 0.1) is 0 Å². The van der Waals surface area contributed by atoms with E-state index in [4.69, 9.17) is 9.66 Å². The SMILES string of the molecule is CO.O=S(=O)(O)C(F)(F)CF. The number of hydrogen-bond acceptors (Lipinski definition) is 3. The van der Waals surface area contributed by atoms with Gasteiger partial charge in [0.1, 0.15) is 0 Å². The van der Waals surface area contributed by atoms with Gasteiger partial charge < -0.3 is 5.11 Å². The maximum absolute atomic E-state index is 11.4. The number of rotatable bonds is 2. The molecule has 0 aliphatic rings. The highest BCUT2D eigenvalue weighted by atomic mass is 32.2. The van der Waals surface area contributed by atoms with Crippen molar-refractivity contribution in [2.45, 2.75) is 5.25 Å². The Morgan fingerprint density at radius 3 is 1.64 bits per heavy atom. The summed E-state index contributed by atoms with van der Waals surface area (Å²) in [6.45, 7) is -2.41. The van der Waals surface area contributed by atoms with E-state index in [0.717, 1.165) is 7.11 Å². The highest BCUT2D eigenvalue weighted by Gasteiger charge is 2.44. The van der Waals surface area contributed by atoms with Crippen LogP contribution in [-0.4, -0.2) is 37.1 Å². The zero-order valence-corrected chi connectivity index (χ0v) is 6.28. The number of halogens is 3. The van der Waals surface area contributed by atoms with Gasteiger partial charge in [-0.05, 0) is 0 Å². The van der Waals surface area contributed by atoms with E-state index in [1.807, 2.05) is 0 Å². The third kappa shape index (κ3) is 4.17. The molecule has 0 aliphatic heterocycles. The first-order valence-corrected chi connectivity index (χ1v) is 3.61. The summed E-state index contributed by atoms with van der Waals surface area (Å²) in [6, 6.07) is 0. The van der Waals surface area contributed by atoms with Crippen LogP contribution in [0.2, 0.25) is 0 Å². The van der Waals surface area contributed by atoms with Gasteiger partial charge >= 0.3 is 15.4 Å². The van der Waals surface area contributed by atoms with Crippen molar-refractivity contribution in [3.63, 3.8) is 0 Å². The van der Waals surface area contributed by atoms with Gasteiger partial charge in [-0.25, -0.2) is 4.39 Å². The molecule has 0 bridgehead atoms. The fourth-order valence-electron chi connectivity index (χ4n) is 0.0689. The molecule has 0 aromatic rings. The Hall–Kier alpha value is -0.340. The highest BCUT2D eigenvalue weighted by Crippen LogP contribution is 2.19. The van der Waals surface area contributed by atoms with E-state index in [0.29, 0.717) is 0 Å². The molecule has 0 aromatic carbocycles. The molecule has 0 atom stereocenters. The first-order valence-electron chi connectivity index (χ1n) is 2.17. The van der Waals surface area contributed by atoms with Gasteiger partial charge in [-0.15, -0.1) is 0 Å². The topological polar surface area (TPSA) is 74.6 Å². The third-order valence-electron chi connectivity index (χ3n) is 0.533. The molecule has 0 unspecified atom stereocenters. The largest absolute Gasteiger partial charge is 0.400 e. The predicted octanol–water partition coefficient (Wildman–Crippen LogP) is 0.0450. The van der Waals surface area contributed by atoms with Crippen molar-refractivity contribution in [3.8, 4) is 0 Å². The fourth-order valence-corrected chi connectivity index (χ4v) is 0.207.